The smallest absolute Gasteiger partial charge is 0.239 e. The first-order valence-corrected chi connectivity index (χ1v) is 7.74. The molecule has 0 amide bonds. The molecule has 1 fully saturated rings. The van der Waals surface area contributed by atoms with Crippen molar-refractivity contribution in [1.29, 1.82) is 0 Å². The first-order chi connectivity index (χ1) is 9.18. The van der Waals surface area contributed by atoms with Crippen molar-refractivity contribution in [2.75, 3.05) is 26.2 Å². The van der Waals surface area contributed by atoms with Gasteiger partial charge in [-0.25, -0.2) is 13.7 Å². The highest BCUT2D eigenvalue weighted by Crippen LogP contribution is 2.22. The summed E-state index contributed by atoms with van der Waals surface area (Å²) in [6.07, 6.45) is 0. The number of benzene rings is 2. The summed E-state index contributed by atoms with van der Waals surface area (Å²) in [5, 5.41) is 6.18. The number of hydrogen-bond acceptors (Lipinski definition) is 2. The van der Waals surface area contributed by atoms with E-state index in [2.05, 4.69) is 5.32 Å². The molecule has 4 nitrogen and oxygen atoms in total. The largest absolute Gasteiger partial charge is 0.243 e. The molecule has 0 aliphatic carbocycles. The molecule has 19 heavy (non-hydrogen) atoms. The molecule has 2 aromatic carbocycles. The van der Waals surface area contributed by atoms with Crippen molar-refractivity contribution in [3.63, 3.8) is 0 Å². The molecule has 1 aliphatic heterocycles. The van der Waals surface area contributed by atoms with Crippen LogP contribution in [0.15, 0.2) is 47.4 Å². The molecule has 1 saturated heterocycles. The third-order valence-electron chi connectivity index (χ3n) is 3.37. The van der Waals surface area contributed by atoms with Crippen molar-refractivity contribution in [3.8, 4) is 0 Å². The van der Waals surface area contributed by atoms with E-state index in [0.717, 1.165) is 10.8 Å². The van der Waals surface area contributed by atoms with E-state index in [9.17, 15) is 8.42 Å². The topological polar surface area (TPSA) is 51.5 Å². The number of hydrogen-bond donors (Lipinski definition) is 0. The predicted molar refractivity (Wildman–Crippen MR) is 74.6 cm³/mol. The minimum atomic E-state index is -3.38. The number of nitrogens with zero attached hydrogens (tertiary/aromatic N) is 2. The van der Waals surface area contributed by atoms with E-state index < -0.39 is 10.0 Å². The van der Waals surface area contributed by atoms with E-state index in [4.69, 9.17) is 0 Å². The normalized spacial score (nSPS) is 17.7. The summed E-state index contributed by atoms with van der Waals surface area (Å²) in [6, 6.07) is 13.1. The van der Waals surface area contributed by atoms with Gasteiger partial charge in [0.2, 0.25) is 10.0 Å². The fourth-order valence-electron chi connectivity index (χ4n) is 2.31. The van der Waals surface area contributed by atoms with Gasteiger partial charge in [-0.1, -0.05) is 30.3 Å². The van der Waals surface area contributed by atoms with Crippen molar-refractivity contribution in [2.24, 2.45) is 0 Å². The molecule has 0 N–H and O–H groups in total. The summed E-state index contributed by atoms with van der Waals surface area (Å²) in [5.74, 6) is 0. The van der Waals surface area contributed by atoms with Gasteiger partial charge < -0.3 is 0 Å². The van der Waals surface area contributed by atoms with Crippen LogP contribution in [0.3, 0.4) is 0 Å². The second-order valence-electron chi connectivity index (χ2n) is 4.58. The van der Waals surface area contributed by atoms with E-state index in [1.165, 1.54) is 4.31 Å². The maximum absolute atomic E-state index is 12.5. The third kappa shape index (κ3) is 2.36. The lowest BCUT2D eigenvalue weighted by molar-refractivity contribution is 0.356. The fraction of sp³-hybridized carbons (Fsp3) is 0.286. The average Bonchev–Trinajstić information content (AvgIpc) is 2.47. The highest BCUT2D eigenvalue weighted by molar-refractivity contribution is 7.89. The molecule has 1 aliphatic rings. The molecule has 0 bridgehead atoms. The van der Waals surface area contributed by atoms with E-state index in [1.807, 2.05) is 30.3 Å². The zero-order chi connectivity index (χ0) is 13.3. The number of fused-ring (bicyclic) bond motifs is 1. The van der Waals surface area contributed by atoms with Gasteiger partial charge in [-0.2, -0.15) is 4.31 Å². The summed E-state index contributed by atoms with van der Waals surface area (Å²) >= 11 is 0. The van der Waals surface area contributed by atoms with Gasteiger partial charge in [0.15, 0.2) is 0 Å². The minimum absolute atomic E-state index is 0.369. The van der Waals surface area contributed by atoms with E-state index in [1.54, 1.807) is 12.1 Å². The van der Waals surface area contributed by atoms with Crippen molar-refractivity contribution >= 4 is 20.8 Å². The summed E-state index contributed by atoms with van der Waals surface area (Å²) < 4.78 is 26.5. The van der Waals surface area contributed by atoms with Crippen LogP contribution in [-0.2, 0) is 10.0 Å². The van der Waals surface area contributed by atoms with Crippen LogP contribution in [-0.4, -0.2) is 38.9 Å². The van der Waals surface area contributed by atoms with Gasteiger partial charge in [0.25, 0.3) is 0 Å². The Kier molecular flexibility index (Phi) is 3.26. The predicted octanol–water partition coefficient (Wildman–Crippen LogP) is 1.45. The van der Waals surface area contributed by atoms with Crippen LogP contribution >= 0.6 is 0 Å². The van der Waals surface area contributed by atoms with Crippen molar-refractivity contribution in [2.45, 2.75) is 4.90 Å². The van der Waals surface area contributed by atoms with Crippen LogP contribution in [0, 0.1) is 0 Å². The van der Waals surface area contributed by atoms with E-state index >= 15 is 0 Å². The van der Waals surface area contributed by atoms with Gasteiger partial charge in [-0.15, -0.1) is 0 Å². The molecular weight excluding hydrogens is 260 g/mol. The van der Waals surface area contributed by atoms with Gasteiger partial charge in [0.1, 0.15) is 0 Å². The van der Waals surface area contributed by atoms with Crippen LogP contribution in [0.4, 0.5) is 0 Å². The summed E-state index contributed by atoms with van der Waals surface area (Å²) in [6.45, 7) is 2.14. The lowest BCUT2D eigenvalue weighted by Crippen LogP contribution is -2.43. The highest BCUT2D eigenvalue weighted by Gasteiger charge is 2.26. The van der Waals surface area contributed by atoms with Crippen molar-refractivity contribution in [3.05, 3.63) is 42.5 Å². The SMILES string of the molecule is O=S(=O)(c1ccc2ccccc2c1)N1CC[N]CC1. The molecule has 2 aromatic rings. The van der Waals surface area contributed by atoms with Crippen molar-refractivity contribution < 1.29 is 8.42 Å². The maximum atomic E-state index is 12.5. The van der Waals surface area contributed by atoms with Crippen LogP contribution in [0.5, 0.6) is 0 Å². The quantitative estimate of drug-likeness (QED) is 0.833. The molecule has 5 heteroatoms. The van der Waals surface area contributed by atoms with E-state index in [-0.39, 0.29) is 0 Å². The Morgan fingerprint density at radius 2 is 1.63 bits per heavy atom. The first-order valence-electron chi connectivity index (χ1n) is 6.30. The Hall–Kier alpha value is -1.43. The Morgan fingerprint density at radius 1 is 0.947 bits per heavy atom. The lowest BCUT2D eigenvalue weighted by atomic mass is 10.1. The van der Waals surface area contributed by atoms with Crippen LogP contribution in [0.2, 0.25) is 0 Å². The maximum Gasteiger partial charge on any atom is 0.243 e. The zero-order valence-electron chi connectivity index (χ0n) is 10.5. The number of piperazine rings is 1. The Balaban J connectivity index is 2.02. The third-order valence-corrected chi connectivity index (χ3v) is 5.27. The molecule has 0 unspecified atom stereocenters. The van der Waals surface area contributed by atoms with Gasteiger partial charge in [-0.3, -0.25) is 0 Å². The van der Waals surface area contributed by atoms with Crippen LogP contribution in [0.25, 0.3) is 10.8 Å². The average molecular weight is 275 g/mol. The molecule has 0 atom stereocenters. The molecule has 0 aromatic heterocycles. The molecule has 0 saturated carbocycles. The van der Waals surface area contributed by atoms with E-state index in [0.29, 0.717) is 31.1 Å². The minimum Gasteiger partial charge on any atom is -0.239 e. The van der Waals surface area contributed by atoms with Gasteiger partial charge >= 0.3 is 0 Å². The Bertz CT molecular complexity index is 691. The summed E-state index contributed by atoms with van der Waals surface area (Å²) in [7, 11) is -3.38. The molecule has 3 rings (SSSR count). The van der Waals surface area contributed by atoms with Crippen LogP contribution < -0.4 is 5.32 Å². The molecule has 1 heterocycles. The number of rotatable bonds is 2. The fourth-order valence-corrected chi connectivity index (χ4v) is 3.76. The van der Waals surface area contributed by atoms with Gasteiger partial charge in [-0.05, 0) is 22.9 Å². The standard InChI is InChI=1S/C14H15N2O2S/c17-19(18,16-9-7-15-8-10-16)14-6-5-12-3-1-2-4-13(12)11-14/h1-6,11H,7-10H2. The number of sulfonamides is 1. The molecule has 1 radical (unpaired) electrons. The molecular formula is C14H15N2O2S. The molecule has 0 spiro atoms. The van der Waals surface area contributed by atoms with Crippen molar-refractivity contribution in [1.82, 2.24) is 9.62 Å². The zero-order valence-corrected chi connectivity index (χ0v) is 11.3. The van der Waals surface area contributed by atoms with Crippen LogP contribution in [0.1, 0.15) is 0 Å². The Morgan fingerprint density at radius 3 is 2.37 bits per heavy atom. The lowest BCUT2D eigenvalue weighted by Gasteiger charge is -2.25. The molecule has 99 valence electrons. The second kappa shape index (κ2) is 4.92. The monoisotopic (exact) mass is 275 g/mol. The summed E-state index contributed by atoms with van der Waals surface area (Å²) in [5.41, 5.74) is 0. The second-order valence-corrected chi connectivity index (χ2v) is 6.52. The Labute approximate surface area is 113 Å². The van der Waals surface area contributed by atoms with Gasteiger partial charge in [0, 0.05) is 26.2 Å². The van der Waals surface area contributed by atoms with Gasteiger partial charge in [0.05, 0.1) is 4.90 Å². The summed E-state index contributed by atoms with van der Waals surface area (Å²) in [4.78, 5) is 0.369. The highest BCUT2D eigenvalue weighted by atomic mass is 32.2. The first kappa shape index (κ1) is 12.6.